The van der Waals surface area contributed by atoms with E-state index in [9.17, 15) is 9.59 Å². The number of anilines is 1. The first kappa shape index (κ1) is 17.2. The van der Waals surface area contributed by atoms with Gasteiger partial charge in [-0.25, -0.2) is 0 Å². The van der Waals surface area contributed by atoms with Gasteiger partial charge in [0.2, 0.25) is 5.91 Å². The van der Waals surface area contributed by atoms with Crippen molar-refractivity contribution in [1.29, 1.82) is 0 Å². The highest BCUT2D eigenvalue weighted by Gasteiger charge is 2.23. The quantitative estimate of drug-likeness (QED) is 0.777. The maximum Gasteiger partial charge on any atom is 0.251 e. The molecule has 0 spiro atoms. The van der Waals surface area contributed by atoms with Crippen LogP contribution in [0.3, 0.4) is 0 Å². The second-order valence-electron chi connectivity index (χ2n) is 6.16. The van der Waals surface area contributed by atoms with Gasteiger partial charge < -0.3 is 16.4 Å². The summed E-state index contributed by atoms with van der Waals surface area (Å²) < 4.78 is 0. The van der Waals surface area contributed by atoms with Gasteiger partial charge in [-0.1, -0.05) is 20.8 Å². The lowest BCUT2D eigenvalue weighted by atomic mass is 9.85. The van der Waals surface area contributed by atoms with Crippen LogP contribution in [0.15, 0.2) is 24.3 Å². The number of carbonyl (C=O) groups excluding carboxylic acids is 2. The zero-order valence-electron chi connectivity index (χ0n) is 13.2. The Kier molecular flexibility index (Phi) is 5.90. The van der Waals surface area contributed by atoms with E-state index < -0.39 is 0 Å². The van der Waals surface area contributed by atoms with Gasteiger partial charge in [0.1, 0.15) is 0 Å². The van der Waals surface area contributed by atoms with Crippen LogP contribution in [-0.2, 0) is 4.79 Å². The largest absolute Gasteiger partial charge is 0.352 e. The molecule has 0 aromatic heterocycles. The van der Waals surface area contributed by atoms with Crippen LogP contribution in [0.2, 0.25) is 0 Å². The summed E-state index contributed by atoms with van der Waals surface area (Å²) in [6.07, 6.45) is 0.265. The van der Waals surface area contributed by atoms with Crippen molar-refractivity contribution in [2.75, 3.05) is 11.9 Å². The smallest absolute Gasteiger partial charge is 0.251 e. The van der Waals surface area contributed by atoms with Crippen LogP contribution in [0, 0.1) is 5.41 Å². The predicted molar refractivity (Wildman–Crippen MR) is 85.1 cm³/mol. The molecule has 0 radical (unpaired) electrons. The van der Waals surface area contributed by atoms with Crippen LogP contribution in [0.25, 0.3) is 0 Å². The summed E-state index contributed by atoms with van der Waals surface area (Å²) in [6, 6.07) is 6.59. The van der Waals surface area contributed by atoms with Crippen molar-refractivity contribution >= 4 is 17.5 Å². The topological polar surface area (TPSA) is 84.2 Å². The summed E-state index contributed by atoms with van der Waals surface area (Å²) in [4.78, 5) is 23.5. The maximum atomic E-state index is 11.9. The fourth-order valence-corrected chi connectivity index (χ4v) is 1.69. The monoisotopic (exact) mass is 291 g/mol. The number of nitrogens with two attached hydrogens (primary N) is 1. The molecule has 1 rings (SSSR count). The Morgan fingerprint density at radius 2 is 1.76 bits per heavy atom. The van der Waals surface area contributed by atoms with E-state index in [1.807, 2.05) is 27.7 Å². The highest BCUT2D eigenvalue weighted by Crippen LogP contribution is 2.20. The zero-order valence-corrected chi connectivity index (χ0v) is 13.2. The number of rotatable bonds is 5. The van der Waals surface area contributed by atoms with E-state index in [2.05, 4.69) is 10.6 Å². The summed E-state index contributed by atoms with van der Waals surface area (Å²) in [7, 11) is 0. The third kappa shape index (κ3) is 5.55. The molecule has 4 N–H and O–H groups in total. The van der Waals surface area contributed by atoms with E-state index in [0.29, 0.717) is 17.8 Å². The van der Waals surface area contributed by atoms with E-state index in [-0.39, 0.29) is 29.7 Å². The van der Waals surface area contributed by atoms with E-state index >= 15 is 0 Å². The molecule has 0 saturated heterocycles. The highest BCUT2D eigenvalue weighted by molar-refractivity contribution is 5.95. The van der Waals surface area contributed by atoms with E-state index in [0.717, 1.165) is 0 Å². The first-order valence-electron chi connectivity index (χ1n) is 7.17. The first-order valence-corrected chi connectivity index (χ1v) is 7.17. The summed E-state index contributed by atoms with van der Waals surface area (Å²) in [5.41, 5.74) is 7.11. The van der Waals surface area contributed by atoms with Crippen molar-refractivity contribution in [1.82, 2.24) is 5.32 Å². The van der Waals surface area contributed by atoms with Crippen molar-refractivity contribution in [2.45, 2.75) is 40.2 Å². The van der Waals surface area contributed by atoms with Gasteiger partial charge in [0.05, 0.1) is 0 Å². The van der Waals surface area contributed by atoms with E-state index in [1.54, 1.807) is 24.3 Å². The van der Waals surface area contributed by atoms with Gasteiger partial charge in [-0.15, -0.1) is 0 Å². The minimum absolute atomic E-state index is 0.112. The van der Waals surface area contributed by atoms with Gasteiger partial charge in [-0.2, -0.15) is 0 Å². The van der Waals surface area contributed by atoms with Crippen LogP contribution in [0.5, 0.6) is 0 Å². The fourth-order valence-electron chi connectivity index (χ4n) is 1.69. The Hall–Kier alpha value is -1.88. The molecule has 2 amide bonds. The number of amides is 2. The molecule has 0 heterocycles. The molecule has 0 fully saturated rings. The second kappa shape index (κ2) is 7.22. The molecule has 5 nitrogen and oxygen atoms in total. The van der Waals surface area contributed by atoms with E-state index in [1.165, 1.54) is 0 Å². The summed E-state index contributed by atoms with van der Waals surface area (Å²) >= 11 is 0. The van der Waals surface area contributed by atoms with Gasteiger partial charge in [0, 0.05) is 30.3 Å². The Bertz CT molecular complexity index is 489. The van der Waals surface area contributed by atoms with Gasteiger partial charge in [-0.05, 0) is 36.6 Å². The van der Waals surface area contributed by atoms with Gasteiger partial charge in [0.25, 0.3) is 5.91 Å². The average molecular weight is 291 g/mol. The number of hydrogen-bond acceptors (Lipinski definition) is 3. The Morgan fingerprint density at radius 3 is 2.24 bits per heavy atom. The van der Waals surface area contributed by atoms with Gasteiger partial charge in [-0.3, -0.25) is 9.59 Å². The van der Waals surface area contributed by atoms with Crippen LogP contribution < -0.4 is 16.4 Å². The van der Waals surface area contributed by atoms with Crippen molar-refractivity contribution in [3.63, 3.8) is 0 Å². The Labute approximate surface area is 126 Å². The van der Waals surface area contributed by atoms with Crippen LogP contribution in [-0.4, -0.2) is 24.4 Å². The number of hydrogen-bond donors (Lipinski definition) is 3. The molecular formula is C16H25N3O2. The molecule has 0 aliphatic carbocycles. The normalized spacial score (nSPS) is 12.6. The SMILES string of the molecule is CCNC(=O)c1ccc(NC(=O)CC(N)C(C)(C)C)cc1. The molecule has 1 unspecified atom stereocenters. The molecule has 0 aliphatic heterocycles. The summed E-state index contributed by atoms with van der Waals surface area (Å²) in [6.45, 7) is 8.47. The third-order valence-corrected chi connectivity index (χ3v) is 3.29. The Morgan fingerprint density at radius 1 is 1.19 bits per heavy atom. The molecule has 116 valence electrons. The zero-order chi connectivity index (χ0) is 16.0. The van der Waals surface area contributed by atoms with Crippen LogP contribution in [0.1, 0.15) is 44.5 Å². The van der Waals surface area contributed by atoms with Gasteiger partial charge in [0.15, 0.2) is 0 Å². The predicted octanol–water partition coefficient (Wildman–Crippen LogP) is 2.14. The third-order valence-electron chi connectivity index (χ3n) is 3.29. The molecule has 0 bridgehead atoms. The van der Waals surface area contributed by atoms with Crippen molar-refractivity contribution < 1.29 is 9.59 Å². The van der Waals surface area contributed by atoms with Crippen molar-refractivity contribution in [3.8, 4) is 0 Å². The minimum Gasteiger partial charge on any atom is -0.352 e. The molecule has 1 aromatic rings. The fraction of sp³-hybridized carbons (Fsp3) is 0.500. The lowest BCUT2D eigenvalue weighted by molar-refractivity contribution is -0.117. The first-order chi connectivity index (χ1) is 9.74. The summed E-state index contributed by atoms with van der Waals surface area (Å²) in [5.74, 6) is -0.242. The molecule has 0 aliphatic rings. The highest BCUT2D eigenvalue weighted by atomic mass is 16.2. The average Bonchev–Trinajstić information content (AvgIpc) is 2.38. The number of carbonyl (C=O) groups is 2. The second-order valence-corrected chi connectivity index (χ2v) is 6.16. The molecule has 0 saturated carbocycles. The molecule has 1 atom stereocenters. The van der Waals surface area contributed by atoms with Crippen LogP contribution >= 0.6 is 0 Å². The molecule has 5 heteroatoms. The van der Waals surface area contributed by atoms with E-state index in [4.69, 9.17) is 5.73 Å². The number of benzene rings is 1. The lowest BCUT2D eigenvalue weighted by Crippen LogP contribution is -2.38. The van der Waals surface area contributed by atoms with Crippen LogP contribution in [0.4, 0.5) is 5.69 Å². The standard InChI is InChI=1S/C16H25N3O2/c1-5-18-15(21)11-6-8-12(9-7-11)19-14(20)10-13(17)16(2,3)4/h6-9,13H,5,10,17H2,1-4H3,(H,18,21)(H,19,20). The van der Waals surface area contributed by atoms with Crippen molar-refractivity contribution in [2.24, 2.45) is 11.1 Å². The van der Waals surface area contributed by atoms with Crippen molar-refractivity contribution in [3.05, 3.63) is 29.8 Å². The molecular weight excluding hydrogens is 266 g/mol. The molecule has 1 aromatic carbocycles. The van der Waals surface area contributed by atoms with Gasteiger partial charge >= 0.3 is 0 Å². The lowest BCUT2D eigenvalue weighted by Gasteiger charge is -2.26. The maximum absolute atomic E-state index is 11.9. The summed E-state index contributed by atoms with van der Waals surface area (Å²) in [5, 5.41) is 5.51. The number of nitrogens with one attached hydrogen (secondary N) is 2. The Balaban J connectivity index is 2.60. The molecule has 21 heavy (non-hydrogen) atoms. The minimum atomic E-state index is -0.202.